The second-order valence-corrected chi connectivity index (χ2v) is 5.83. The van der Waals surface area contributed by atoms with E-state index in [1.54, 1.807) is 29.9 Å². The first-order valence-electron chi connectivity index (χ1n) is 7.74. The summed E-state index contributed by atoms with van der Waals surface area (Å²) in [7, 11) is 1.66. The van der Waals surface area contributed by atoms with Crippen LogP contribution in [0.4, 0.5) is 32.0 Å². The lowest BCUT2D eigenvalue weighted by atomic mass is 10.2. The number of benzene rings is 1. The van der Waals surface area contributed by atoms with E-state index in [9.17, 15) is 31.1 Å². The Balaban J connectivity index is 1.90. The zero-order valence-corrected chi connectivity index (χ0v) is 14.1. The number of halogens is 6. The number of hydrogen-bond acceptors (Lipinski definition) is 2. The van der Waals surface area contributed by atoms with Gasteiger partial charge in [0, 0.05) is 25.0 Å². The number of alkyl halides is 6. The van der Waals surface area contributed by atoms with Crippen molar-refractivity contribution < 1.29 is 31.1 Å². The third kappa shape index (κ3) is 3.87. The molecule has 5 nitrogen and oxygen atoms in total. The summed E-state index contributed by atoms with van der Waals surface area (Å²) >= 11 is 0. The van der Waals surface area contributed by atoms with Gasteiger partial charge in [0.15, 0.2) is 5.69 Å². The third-order valence-electron chi connectivity index (χ3n) is 3.84. The number of carbonyl (C=O) groups excluding carboxylic acids is 1. The van der Waals surface area contributed by atoms with Crippen LogP contribution in [-0.4, -0.2) is 20.3 Å². The summed E-state index contributed by atoms with van der Waals surface area (Å²) < 4.78 is 79.3. The van der Waals surface area contributed by atoms with Gasteiger partial charge in [-0.15, -0.1) is 0 Å². The van der Waals surface area contributed by atoms with E-state index in [0.717, 1.165) is 12.1 Å². The minimum atomic E-state index is -5.03. The van der Waals surface area contributed by atoms with Crippen molar-refractivity contribution in [2.24, 2.45) is 7.05 Å². The molecule has 0 spiro atoms. The van der Waals surface area contributed by atoms with Crippen LogP contribution >= 0.6 is 0 Å². The van der Waals surface area contributed by atoms with Gasteiger partial charge in [-0.2, -0.15) is 31.4 Å². The number of hydrogen-bond donors (Lipinski definition) is 1. The summed E-state index contributed by atoms with van der Waals surface area (Å²) in [5, 5.41) is 5.59. The molecule has 2 aromatic heterocycles. The number of carbonyl (C=O) groups is 1. The van der Waals surface area contributed by atoms with Crippen LogP contribution in [-0.2, 0) is 19.4 Å². The van der Waals surface area contributed by atoms with E-state index in [1.165, 1.54) is 12.1 Å². The van der Waals surface area contributed by atoms with E-state index in [0.29, 0.717) is 5.69 Å². The maximum atomic E-state index is 13.1. The fourth-order valence-corrected chi connectivity index (χ4v) is 2.50. The standard InChI is InChI=1S/C17H12F6N4O/c1-26-8-2-3-12(26)15(28)24-10-4-6-11(7-5-10)27-14(17(21,22)23)9-13(25-27)16(18,19)20/h2-9H,1H3,(H,24,28). The molecule has 3 aromatic rings. The topological polar surface area (TPSA) is 51.9 Å². The second-order valence-electron chi connectivity index (χ2n) is 5.83. The molecule has 0 saturated heterocycles. The third-order valence-corrected chi connectivity index (χ3v) is 3.84. The van der Waals surface area contributed by atoms with Crippen molar-refractivity contribution in [3.05, 3.63) is 65.7 Å². The Morgan fingerprint density at radius 1 is 1.00 bits per heavy atom. The number of anilines is 1. The normalized spacial score (nSPS) is 12.2. The van der Waals surface area contributed by atoms with Crippen molar-refractivity contribution >= 4 is 11.6 Å². The number of rotatable bonds is 3. The van der Waals surface area contributed by atoms with Gasteiger partial charge in [0.1, 0.15) is 11.4 Å². The lowest BCUT2D eigenvalue weighted by Crippen LogP contribution is -2.16. The van der Waals surface area contributed by atoms with Crippen LogP contribution in [0.2, 0.25) is 0 Å². The molecule has 1 amide bonds. The Hall–Kier alpha value is -3.24. The molecular weight excluding hydrogens is 390 g/mol. The maximum absolute atomic E-state index is 13.1. The van der Waals surface area contributed by atoms with E-state index >= 15 is 0 Å². The van der Waals surface area contributed by atoms with E-state index in [1.807, 2.05) is 0 Å². The molecule has 2 heterocycles. The van der Waals surface area contributed by atoms with Gasteiger partial charge >= 0.3 is 12.4 Å². The number of amides is 1. The molecule has 0 saturated carbocycles. The first-order valence-corrected chi connectivity index (χ1v) is 7.74. The Kier molecular flexibility index (Phi) is 4.69. The number of nitrogens with one attached hydrogen (secondary N) is 1. The molecular formula is C17H12F6N4O. The van der Waals surface area contributed by atoms with Crippen LogP contribution in [0.15, 0.2) is 48.7 Å². The van der Waals surface area contributed by atoms with E-state index in [2.05, 4.69) is 10.4 Å². The Bertz CT molecular complexity index is 998. The van der Waals surface area contributed by atoms with Crippen LogP contribution in [0, 0.1) is 0 Å². The van der Waals surface area contributed by atoms with Gasteiger partial charge in [-0.25, -0.2) is 4.68 Å². The Labute approximate surface area is 154 Å². The largest absolute Gasteiger partial charge is 0.435 e. The Morgan fingerprint density at radius 3 is 2.14 bits per heavy atom. The lowest BCUT2D eigenvalue weighted by Gasteiger charge is -2.11. The summed E-state index contributed by atoms with van der Waals surface area (Å²) in [6.45, 7) is 0. The molecule has 3 rings (SSSR count). The van der Waals surface area contributed by atoms with Crippen molar-refractivity contribution in [3.8, 4) is 5.69 Å². The molecule has 0 aliphatic rings. The summed E-state index contributed by atoms with van der Waals surface area (Å²) in [5.74, 6) is -0.449. The Morgan fingerprint density at radius 2 is 1.64 bits per heavy atom. The summed E-state index contributed by atoms with van der Waals surface area (Å²) in [6, 6.07) is 7.97. The molecule has 0 fully saturated rings. The molecule has 0 aliphatic carbocycles. The highest BCUT2D eigenvalue weighted by atomic mass is 19.4. The first-order chi connectivity index (χ1) is 13.0. The highest BCUT2D eigenvalue weighted by Gasteiger charge is 2.42. The van der Waals surface area contributed by atoms with Crippen LogP contribution < -0.4 is 5.32 Å². The maximum Gasteiger partial charge on any atom is 0.435 e. The van der Waals surface area contributed by atoms with Crippen molar-refractivity contribution in [3.63, 3.8) is 0 Å². The van der Waals surface area contributed by atoms with Gasteiger partial charge in [0.05, 0.1) is 5.69 Å². The zero-order valence-electron chi connectivity index (χ0n) is 14.1. The molecule has 1 N–H and O–H groups in total. The first kappa shape index (κ1) is 19.5. The number of aromatic nitrogens is 3. The van der Waals surface area contributed by atoms with Crippen LogP contribution in [0.25, 0.3) is 5.69 Å². The van der Waals surface area contributed by atoms with Gasteiger partial charge in [0.2, 0.25) is 0 Å². The molecule has 0 bridgehead atoms. The van der Waals surface area contributed by atoms with Crippen LogP contribution in [0.1, 0.15) is 21.9 Å². The minimum Gasteiger partial charge on any atom is -0.347 e. The van der Waals surface area contributed by atoms with Gasteiger partial charge in [-0.1, -0.05) is 0 Å². The fourth-order valence-electron chi connectivity index (χ4n) is 2.50. The zero-order chi connectivity index (χ0) is 20.7. The minimum absolute atomic E-state index is 0.0505. The van der Waals surface area contributed by atoms with Crippen molar-refractivity contribution in [1.82, 2.24) is 14.3 Å². The van der Waals surface area contributed by atoms with Crippen LogP contribution in [0.5, 0.6) is 0 Å². The predicted molar refractivity (Wildman–Crippen MR) is 86.9 cm³/mol. The van der Waals surface area contributed by atoms with Gasteiger partial charge < -0.3 is 9.88 Å². The summed E-state index contributed by atoms with van der Waals surface area (Å²) in [4.78, 5) is 12.1. The van der Waals surface area contributed by atoms with Crippen molar-refractivity contribution in [1.29, 1.82) is 0 Å². The second kappa shape index (κ2) is 6.73. The van der Waals surface area contributed by atoms with Crippen molar-refractivity contribution in [2.45, 2.75) is 12.4 Å². The smallest absolute Gasteiger partial charge is 0.347 e. The summed E-state index contributed by atoms with van der Waals surface area (Å²) in [5.41, 5.74) is -2.84. The van der Waals surface area contributed by atoms with E-state index < -0.39 is 29.6 Å². The molecule has 148 valence electrons. The predicted octanol–water partition coefficient (Wildman–Crippen LogP) is 4.50. The highest BCUT2D eigenvalue weighted by molar-refractivity contribution is 6.03. The highest BCUT2D eigenvalue weighted by Crippen LogP contribution is 2.36. The molecule has 0 aliphatic heterocycles. The number of aryl methyl sites for hydroxylation is 1. The average Bonchev–Trinajstić information content (AvgIpc) is 3.21. The molecule has 0 atom stereocenters. The SMILES string of the molecule is Cn1cccc1C(=O)Nc1ccc(-n2nc(C(F)(F)F)cc2C(F)(F)F)cc1. The quantitative estimate of drug-likeness (QED) is 0.656. The molecule has 28 heavy (non-hydrogen) atoms. The fraction of sp³-hybridized carbons (Fsp3) is 0.176. The lowest BCUT2D eigenvalue weighted by molar-refractivity contribution is -0.143. The summed E-state index contributed by atoms with van der Waals surface area (Å²) in [6.07, 6.45) is -8.39. The monoisotopic (exact) mass is 402 g/mol. The van der Waals surface area contributed by atoms with Gasteiger partial charge in [-0.3, -0.25) is 4.79 Å². The molecule has 1 aromatic carbocycles. The molecule has 0 radical (unpaired) electrons. The van der Waals surface area contributed by atoms with Gasteiger partial charge in [-0.05, 0) is 36.4 Å². The van der Waals surface area contributed by atoms with Gasteiger partial charge in [0.25, 0.3) is 5.91 Å². The van der Waals surface area contributed by atoms with Crippen LogP contribution in [0.3, 0.4) is 0 Å². The molecule has 0 unspecified atom stereocenters. The number of nitrogens with zero attached hydrogens (tertiary/aromatic N) is 3. The van der Waals surface area contributed by atoms with E-state index in [-0.39, 0.29) is 22.1 Å². The van der Waals surface area contributed by atoms with Crippen molar-refractivity contribution in [2.75, 3.05) is 5.32 Å². The molecule has 11 heteroatoms. The average molecular weight is 402 g/mol. The van der Waals surface area contributed by atoms with E-state index in [4.69, 9.17) is 0 Å².